The predicted molar refractivity (Wildman–Crippen MR) is 84.0 cm³/mol. The number of hydrogen-bond donors (Lipinski definition) is 1. The van der Waals surface area contributed by atoms with Gasteiger partial charge in [0.15, 0.2) is 5.69 Å². The van der Waals surface area contributed by atoms with E-state index in [-0.39, 0.29) is 11.6 Å². The van der Waals surface area contributed by atoms with Gasteiger partial charge in [0, 0.05) is 19.1 Å². The van der Waals surface area contributed by atoms with Crippen LogP contribution in [-0.4, -0.2) is 40.1 Å². The minimum Gasteiger partial charge on any atom is -0.397 e. The first-order valence-electron chi connectivity index (χ1n) is 7.20. The first-order chi connectivity index (χ1) is 9.99. The third kappa shape index (κ3) is 2.25. The number of likely N-dealkylation sites (N-methyl/N-ethyl adjacent to an activating group) is 1. The van der Waals surface area contributed by atoms with Crippen LogP contribution in [0.1, 0.15) is 12.1 Å². The number of allylic oxidation sites excluding steroid dienone is 1. The molecule has 112 valence electrons. The van der Waals surface area contributed by atoms with Gasteiger partial charge in [-0.2, -0.15) is 0 Å². The normalized spacial score (nSPS) is 23.0. The Morgan fingerprint density at radius 2 is 2.05 bits per heavy atom. The van der Waals surface area contributed by atoms with Crippen molar-refractivity contribution in [2.75, 3.05) is 14.1 Å². The molecule has 1 atom stereocenters. The number of nitrogens with zero attached hydrogens (tertiary/aromatic N) is 4. The molecule has 1 aliphatic carbocycles. The molecule has 2 N–H and O–H groups in total. The first kappa shape index (κ1) is 13.9. The molecule has 2 aliphatic rings. The van der Waals surface area contributed by atoms with Gasteiger partial charge in [0.05, 0.1) is 17.1 Å². The standard InChI is InChI=1S/C15H21N5O/c1-10-14(15(21)20-8-4-7-19(10)20)17-13-6-5-11(18(2)3)9-12(13)16/h5-6,9,11H,4,7-8,16H2,1-3H3. The number of hydrogen-bond acceptors (Lipinski definition) is 4. The Morgan fingerprint density at radius 3 is 2.67 bits per heavy atom. The largest absolute Gasteiger partial charge is 0.397 e. The van der Waals surface area contributed by atoms with E-state index in [1.54, 1.807) is 4.68 Å². The lowest BCUT2D eigenvalue weighted by Gasteiger charge is -2.21. The van der Waals surface area contributed by atoms with Crippen LogP contribution in [0.3, 0.4) is 0 Å². The maximum Gasteiger partial charge on any atom is 0.292 e. The minimum absolute atomic E-state index is 0.0200. The third-order valence-corrected chi connectivity index (χ3v) is 4.12. The summed E-state index contributed by atoms with van der Waals surface area (Å²) in [5.41, 5.74) is 8.77. The Labute approximate surface area is 123 Å². The van der Waals surface area contributed by atoms with Gasteiger partial charge in [0.1, 0.15) is 0 Å². The number of rotatable bonds is 2. The van der Waals surface area contributed by atoms with Crippen LogP contribution in [0.2, 0.25) is 0 Å². The zero-order valence-corrected chi connectivity index (χ0v) is 12.7. The second kappa shape index (κ2) is 5.04. The summed E-state index contributed by atoms with van der Waals surface area (Å²) >= 11 is 0. The van der Waals surface area contributed by atoms with Crippen LogP contribution < -0.4 is 11.3 Å². The van der Waals surface area contributed by atoms with Gasteiger partial charge in [-0.15, -0.1) is 0 Å². The van der Waals surface area contributed by atoms with E-state index in [0.29, 0.717) is 17.1 Å². The van der Waals surface area contributed by atoms with Crippen LogP contribution in [-0.2, 0) is 13.1 Å². The molecule has 6 heteroatoms. The van der Waals surface area contributed by atoms with Crippen LogP contribution in [0.5, 0.6) is 0 Å². The molecule has 1 aromatic heterocycles. The van der Waals surface area contributed by atoms with Crippen LogP contribution in [0.15, 0.2) is 33.7 Å². The maximum atomic E-state index is 12.4. The summed E-state index contributed by atoms with van der Waals surface area (Å²) in [6.07, 6.45) is 6.90. The molecule has 0 bridgehead atoms. The number of fused-ring (bicyclic) bond motifs is 1. The van der Waals surface area contributed by atoms with E-state index in [1.165, 1.54) is 0 Å². The molecule has 0 saturated carbocycles. The molecule has 3 rings (SSSR count). The molecule has 2 heterocycles. The van der Waals surface area contributed by atoms with Crippen molar-refractivity contribution in [2.45, 2.75) is 32.5 Å². The van der Waals surface area contributed by atoms with E-state index in [2.05, 4.69) is 9.89 Å². The monoisotopic (exact) mass is 287 g/mol. The zero-order chi connectivity index (χ0) is 15.1. The summed E-state index contributed by atoms with van der Waals surface area (Å²) in [6, 6.07) is 0.171. The summed E-state index contributed by atoms with van der Waals surface area (Å²) in [5.74, 6) is 0. The lowest BCUT2D eigenvalue weighted by Crippen LogP contribution is -2.29. The summed E-state index contributed by atoms with van der Waals surface area (Å²) in [6.45, 7) is 3.60. The van der Waals surface area contributed by atoms with Crippen LogP contribution in [0, 0.1) is 6.92 Å². The smallest absolute Gasteiger partial charge is 0.292 e. The quantitative estimate of drug-likeness (QED) is 0.874. The highest BCUT2D eigenvalue weighted by Gasteiger charge is 2.21. The molecule has 0 saturated heterocycles. The first-order valence-corrected chi connectivity index (χ1v) is 7.20. The SMILES string of the molecule is Cc1c(N=C2C=CC(N(C)C)C=C2N)c(=O)n2n1CCC2. The van der Waals surface area contributed by atoms with Gasteiger partial charge in [-0.25, -0.2) is 9.67 Å². The lowest BCUT2D eigenvalue weighted by atomic mass is 10.1. The summed E-state index contributed by atoms with van der Waals surface area (Å²) in [5, 5.41) is 0. The van der Waals surface area contributed by atoms with Gasteiger partial charge in [-0.3, -0.25) is 14.4 Å². The second-order valence-electron chi connectivity index (χ2n) is 5.77. The molecule has 0 spiro atoms. The topological polar surface area (TPSA) is 68.5 Å². The Morgan fingerprint density at radius 1 is 1.33 bits per heavy atom. The number of nitrogens with two attached hydrogens (primary N) is 1. The van der Waals surface area contributed by atoms with Crippen LogP contribution in [0.25, 0.3) is 0 Å². The van der Waals surface area contributed by atoms with Gasteiger partial charge < -0.3 is 5.73 Å². The van der Waals surface area contributed by atoms with Gasteiger partial charge >= 0.3 is 0 Å². The molecule has 0 aromatic carbocycles. The fourth-order valence-electron chi connectivity index (χ4n) is 2.85. The molecule has 1 unspecified atom stereocenters. The molecule has 0 amide bonds. The van der Waals surface area contributed by atoms with Crippen molar-refractivity contribution in [1.29, 1.82) is 0 Å². The van der Waals surface area contributed by atoms with Crippen molar-refractivity contribution >= 4 is 11.4 Å². The van der Waals surface area contributed by atoms with Gasteiger partial charge in [-0.05, 0) is 39.6 Å². The minimum atomic E-state index is -0.0200. The fraction of sp³-hybridized carbons (Fsp3) is 0.467. The Kier molecular flexibility index (Phi) is 3.33. The van der Waals surface area contributed by atoms with Gasteiger partial charge in [-0.1, -0.05) is 6.08 Å². The number of aliphatic imine (C=N–C) groups is 1. The third-order valence-electron chi connectivity index (χ3n) is 4.12. The Balaban J connectivity index is 2.00. The molecule has 6 nitrogen and oxygen atoms in total. The summed E-state index contributed by atoms with van der Waals surface area (Å²) in [4.78, 5) is 19.0. The molecule has 0 fully saturated rings. The van der Waals surface area contributed by atoms with E-state index < -0.39 is 0 Å². The van der Waals surface area contributed by atoms with Crippen molar-refractivity contribution < 1.29 is 0 Å². The molecule has 21 heavy (non-hydrogen) atoms. The van der Waals surface area contributed by atoms with Crippen molar-refractivity contribution in [3.8, 4) is 0 Å². The highest BCUT2D eigenvalue weighted by Crippen LogP contribution is 2.20. The van der Waals surface area contributed by atoms with Crippen molar-refractivity contribution in [2.24, 2.45) is 10.7 Å². The van der Waals surface area contributed by atoms with Gasteiger partial charge in [0.2, 0.25) is 0 Å². The molecular formula is C15H21N5O. The Bertz CT molecular complexity index is 717. The Hall–Kier alpha value is -2.08. The molecular weight excluding hydrogens is 266 g/mol. The molecule has 1 aliphatic heterocycles. The van der Waals surface area contributed by atoms with Crippen molar-refractivity contribution in [1.82, 2.24) is 14.3 Å². The summed E-state index contributed by atoms with van der Waals surface area (Å²) < 4.78 is 3.78. The highest BCUT2D eigenvalue weighted by atomic mass is 16.1. The van der Waals surface area contributed by atoms with Crippen molar-refractivity contribution in [3.05, 3.63) is 40.0 Å². The van der Waals surface area contributed by atoms with Crippen molar-refractivity contribution in [3.63, 3.8) is 0 Å². The van der Waals surface area contributed by atoms with E-state index in [9.17, 15) is 4.79 Å². The second-order valence-corrected chi connectivity index (χ2v) is 5.77. The summed E-state index contributed by atoms with van der Waals surface area (Å²) in [7, 11) is 3.99. The van der Waals surface area contributed by atoms with E-state index in [1.807, 2.05) is 43.9 Å². The average molecular weight is 287 g/mol. The molecule has 0 radical (unpaired) electrons. The fourth-order valence-corrected chi connectivity index (χ4v) is 2.85. The van der Waals surface area contributed by atoms with Gasteiger partial charge in [0.25, 0.3) is 5.56 Å². The number of aromatic nitrogens is 2. The van der Waals surface area contributed by atoms with E-state index >= 15 is 0 Å². The average Bonchev–Trinajstić information content (AvgIpc) is 3.00. The van der Waals surface area contributed by atoms with E-state index in [0.717, 1.165) is 25.2 Å². The highest BCUT2D eigenvalue weighted by molar-refractivity contribution is 6.10. The van der Waals surface area contributed by atoms with E-state index in [4.69, 9.17) is 5.73 Å². The zero-order valence-electron chi connectivity index (χ0n) is 12.7. The van der Waals surface area contributed by atoms with Crippen LogP contribution >= 0.6 is 0 Å². The lowest BCUT2D eigenvalue weighted by molar-refractivity contribution is 0.390. The predicted octanol–water partition coefficient (Wildman–Crippen LogP) is 0.777. The molecule has 1 aromatic rings. The maximum absolute atomic E-state index is 12.4. The van der Waals surface area contributed by atoms with Crippen LogP contribution in [0.4, 0.5) is 5.69 Å².